The Bertz CT molecular complexity index is 471. The van der Waals surface area contributed by atoms with Crippen LogP contribution in [0.15, 0.2) is 16.9 Å². The molecule has 1 heterocycles. The Kier molecular flexibility index (Phi) is 9.18. The fourth-order valence-corrected chi connectivity index (χ4v) is 4.07. The van der Waals surface area contributed by atoms with E-state index in [-0.39, 0.29) is 0 Å². The van der Waals surface area contributed by atoms with Crippen LogP contribution in [-0.4, -0.2) is 48.1 Å². The summed E-state index contributed by atoms with van der Waals surface area (Å²) in [5.41, 5.74) is 0. The molecule has 1 aromatic rings. The number of aromatic nitrogens is 2. The van der Waals surface area contributed by atoms with E-state index < -0.39 is 0 Å². The fourth-order valence-electron chi connectivity index (χ4n) is 3.87. The predicted molar refractivity (Wildman–Crippen MR) is 110 cm³/mol. The van der Waals surface area contributed by atoms with Crippen LogP contribution < -0.4 is 4.90 Å². The Hall–Kier alpha value is -0.680. The maximum atomic E-state index is 4.43. The summed E-state index contributed by atoms with van der Waals surface area (Å²) in [6.07, 6.45) is 15.7. The Morgan fingerprint density at radius 3 is 2.28 bits per heavy atom. The molecular weight excluding hydrogens is 376 g/mol. The Morgan fingerprint density at radius 2 is 1.64 bits per heavy atom. The summed E-state index contributed by atoms with van der Waals surface area (Å²) in [5, 5.41) is 0. The third-order valence-electron chi connectivity index (χ3n) is 5.58. The lowest BCUT2D eigenvalue weighted by Gasteiger charge is -2.34. The van der Waals surface area contributed by atoms with E-state index in [4.69, 9.17) is 0 Å². The molecule has 2 rings (SSSR count). The standard InChI is InChI=1S/C20H35BrN4/c1-4-5-6-13-24(2)14-7-8-17-9-11-19(12-10-17)25(3)20-22-15-18(21)16-23-20/h15-17,19H,4-14H2,1-3H3/t17-,19-. The van der Waals surface area contributed by atoms with Gasteiger partial charge in [-0.1, -0.05) is 19.8 Å². The lowest BCUT2D eigenvalue weighted by molar-refractivity contribution is 0.268. The van der Waals surface area contributed by atoms with Crippen LogP contribution >= 0.6 is 15.9 Å². The molecule has 0 radical (unpaired) electrons. The first-order valence-corrected chi connectivity index (χ1v) is 10.8. The average Bonchev–Trinajstić information content (AvgIpc) is 2.63. The smallest absolute Gasteiger partial charge is 0.225 e. The van der Waals surface area contributed by atoms with E-state index in [0.29, 0.717) is 6.04 Å². The Morgan fingerprint density at radius 1 is 1.00 bits per heavy atom. The third kappa shape index (κ3) is 7.22. The molecule has 0 N–H and O–H groups in total. The van der Waals surface area contributed by atoms with Gasteiger partial charge in [-0.2, -0.15) is 0 Å². The molecule has 1 fully saturated rings. The lowest BCUT2D eigenvalue weighted by Crippen LogP contribution is -2.36. The van der Waals surface area contributed by atoms with Crippen LogP contribution in [0.1, 0.15) is 64.7 Å². The molecule has 1 aliphatic carbocycles. The van der Waals surface area contributed by atoms with Crippen LogP contribution in [-0.2, 0) is 0 Å². The number of nitrogens with zero attached hydrogens (tertiary/aromatic N) is 4. The molecule has 5 heteroatoms. The first-order chi connectivity index (χ1) is 12.1. The molecule has 0 amide bonds. The van der Waals surface area contributed by atoms with Gasteiger partial charge < -0.3 is 9.80 Å². The predicted octanol–water partition coefficient (Wildman–Crippen LogP) is 5.14. The van der Waals surface area contributed by atoms with Crippen molar-refractivity contribution in [3.05, 3.63) is 16.9 Å². The molecule has 1 aliphatic rings. The van der Waals surface area contributed by atoms with Crippen molar-refractivity contribution in [3.8, 4) is 0 Å². The highest BCUT2D eigenvalue weighted by Crippen LogP contribution is 2.31. The zero-order valence-corrected chi connectivity index (χ0v) is 17.8. The first-order valence-electron chi connectivity index (χ1n) is 9.99. The van der Waals surface area contributed by atoms with E-state index in [1.807, 2.05) is 12.4 Å². The van der Waals surface area contributed by atoms with Crippen molar-refractivity contribution in [2.24, 2.45) is 5.92 Å². The summed E-state index contributed by atoms with van der Waals surface area (Å²) in [6, 6.07) is 0.592. The second-order valence-corrected chi connectivity index (χ2v) is 8.56. The summed E-state index contributed by atoms with van der Waals surface area (Å²) in [7, 11) is 4.42. The fraction of sp³-hybridized carbons (Fsp3) is 0.800. The van der Waals surface area contributed by atoms with Gasteiger partial charge in [0.15, 0.2) is 0 Å². The minimum absolute atomic E-state index is 0.592. The summed E-state index contributed by atoms with van der Waals surface area (Å²) in [4.78, 5) is 13.7. The van der Waals surface area contributed by atoms with E-state index >= 15 is 0 Å². The van der Waals surface area contributed by atoms with Crippen molar-refractivity contribution in [3.63, 3.8) is 0 Å². The first kappa shape index (κ1) is 20.6. The molecule has 0 unspecified atom stereocenters. The topological polar surface area (TPSA) is 32.3 Å². The maximum Gasteiger partial charge on any atom is 0.225 e. The van der Waals surface area contributed by atoms with Gasteiger partial charge in [0.2, 0.25) is 5.95 Å². The number of unbranched alkanes of at least 4 members (excludes halogenated alkanes) is 2. The summed E-state index contributed by atoms with van der Waals surface area (Å²) >= 11 is 3.40. The van der Waals surface area contributed by atoms with Crippen LogP contribution in [0.2, 0.25) is 0 Å². The molecule has 25 heavy (non-hydrogen) atoms. The van der Waals surface area contributed by atoms with Gasteiger partial charge in [0.25, 0.3) is 0 Å². The van der Waals surface area contributed by atoms with Gasteiger partial charge in [-0.25, -0.2) is 9.97 Å². The molecule has 0 saturated heterocycles. The SMILES string of the molecule is CCCCCN(C)CCC[C@H]1CC[C@H](N(C)c2ncc(Br)cn2)CC1. The van der Waals surface area contributed by atoms with Crippen LogP contribution in [0.5, 0.6) is 0 Å². The van der Waals surface area contributed by atoms with Crippen molar-refractivity contribution in [1.29, 1.82) is 0 Å². The van der Waals surface area contributed by atoms with Crippen molar-refractivity contribution < 1.29 is 0 Å². The number of anilines is 1. The van der Waals surface area contributed by atoms with Gasteiger partial charge in [-0.15, -0.1) is 0 Å². The Balaban J connectivity index is 1.63. The zero-order valence-electron chi connectivity index (χ0n) is 16.3. The average molecular weight is 411 g/mol. The molecule has 0 spiro atoms. The normalized spacial score (nSPS) is 20.8. The van der Waals surface area contributed by atoms with Crippen molar-refractivity contribution >= 4 is 21.9 Å². The Labute approximate surface area is 162 Å². The second kappa shape index (κ2) is 11.1. The highest BCUT2D eigenvalue weighted by Gasteiger charge is 2.25. The minimum Gasteiger partial charge on any atom is -0.341 e. The lowest BCUT2D eigenvalue weighted by atomic mass is 9.83. The molecule has 0 aliphatic heterocycles. The number of halogens is 1. The largest absolute Gasteiger partial charge is 0.341 e. The van der Waals surface area contributed by atoms with E-state index in [1.165, 1.54) is 70.9 Å². The molecular formula is C20H35BrN4. The second-order valence-electron chi connectivity index (χ2n) is 7.64. The number of rotatable bonds is 10. The summed E-state index contributed by atoms with van der Waals surface area (Å²) < 4.78 is 0.938. The summed E-state index contributed by atoms with van der Waals surface area (Å²) in [6.45, 7) is 4.80. The maximum absolute atomic E-state index is 4.43. The van der Waals surface area contributed by atoms with Gasteiger partial charge in [0.1, 0.15) is 0 Å². The molecule has 4 nitrogen and oxygen atoms in total. The molecule has 0 aromatic carbocycles. The zero-order chi connectivity index (χ0) is 18.1. The molecule has 0 atom stereocenters. The third-order valence-corrected chi connectivity index (χ3v) is 5.99. The van der Waals surface area contributed by atoms with Gasteiger partial charge in [-0.3, -0.25) is 0 Å². The van der Waals surface area contributed by atoms with E-state index in [2.05, 4.69) is 56.7 Å². The number of hydrogen-bond donors (Lipinski definition) is 0. The van der Waals surface area contributed by atoms with Gasteiger partial charge in [-0.05, 0) is 86.9 Å². The minimum atomic E-state index is 0.592. The van der Waals surface area contributed by atoms with Crippen LogP contribution in [0.3, 0.4) is 0 Å². The van der Waals surface area contributed by atoms with Crippen molar-refractivity contribution in [2.75, 3.05) is 32.1 Å². The molecule has 0 bridgehead atoms. The highest BCUT2D eigenvalue weighted by molar-refractivity contribution is 9.10. The van der Waals surface area contributed by atoms with E-state index in [1.54, 1.807) is 0 Å². The van der Waals surface area contributed by atoms with Crippen LogP contribution in [0.25, 0.3) is 0 Å². The van der Waals surface area contributed by atoms with Crippen LogP contribution in [0.4, 0.5) is 5.95 Å². The van der Waals surface area contributed by atoms with Crippen LogP contribution in [0, 0.1) is 5.92 Å². The van der Waals surface area contributed by atoms with Gasteiger partial charge in [0, 0.05) is 25.5 Å². The van der Waals surface area contributed by atoms with Crippen molar-refractivity contribution in [2.45, 2.75) is 70.8 Å². The van der Waals surface area contributed by atoms with Gasteiger partial charge in [0.05, 0.1) is 4.47 Å². The quantitative estimate of drug-likeness (QED) is 0.500. The van der Waals surface area contributed by atoms with Crippen molar-refractivity contribution in [1.82, 2.24) is 14.9 Å². The summed E-state index contributed by atoms with van der Waals surface area (Å²) in [5.74, 6) is 1.76. The monoisotopic (exact) mass is 410 g/mol. The van der Waals surface area contributed by atoms with Gasteiger partial charge >= 0.3 is 0 Å². The highest BCUT2D eigenvalue weighted by atomic mass is 79.9. The van der Waals surface area contributed by atoms with E-state index in [9.17, 15) is 0 Å². The molecule has 1 saturated carbocycles. The number of hydrogen-bond acceptors (Lipinski definition) is 4. The molecule has 142 valence electrons. The molecule has 1 aromatic heterocycles. The van der Waals surface area contributed by atoms with E-state index in [0.717, 1.165) is 16.3 Å².